The second kappa shape index (κ2) is 5.59. The summed E-state index contributed by atoms with van der Waals surface area (Å²) < 4.78 is 5.46. The maximum Gasteiger partial charge on any atom is 0.306 e. The van der Waals surface area contributed by atoms with E-state index in [4.69, 9.17) is 21.4 Å². The monoisotopic (exact) mass is 269 g/mol. The van der Waals surface area contributed by atoms with Crippen LogP contribution in [0.3, 0.4) is 0 Å². The van der Waals surface area contributed by atoms with Gasteiger partial charge in [0.25, 0.3) is 0 Å². The van der Waals surface area contributed by atoms with Crippen LogP contribution in [0, 0.1) is 6.92 Å². The average Bonchev–Trinajstić information content (AvgIpc) is 2.32. The first kappa shape index (κ1) is 13.2. The van der Waals surface area contributed by atoms with Crippen molar-refractivity contribution in [1.29, 1.82) is 0 Å². The first-order valence-electron chi connectivity index (χ1n) is 5.91. The lowest BCUT2D eigenvalue weighted by atomic mass is 10.1. The van der Waals surface area contributed by atoms with Crippen molar-refractivity contribution >= 4 is 23.3 Å². The van der Waals surface area contributed by atoms with Crippen LogP contribution in [-0.2, 0) is 9.53 Å². The molecule has 1 aliphatic rings. The molecular formula is C13H16ClNO3. The van der Waals surface area contributed by atoms with Crippen LogP contribution in [0.4, 0.5) is 5.69 Å². The summed E-state index contributed by atoms with van der Waals surface area (Å²) in [6, 6.07) is 5.77. The van der Waals surface area contributed by atoms with E-state index < -0.39 is 5.97 Å². The molecular weight excluding hydrogens is 254 g/mol. The number of anilines is 1. The van der Waals surface area contributed by atoms with Crippen molar-refractivity contribution in [1.82, 2.24) is 0 Å². The van der Waals surface area contributed by atoms with E-state index in [1.807, 2.05) is 25.1 Å². The van der Waals surface area contributed by atoms with Crippen molar-refractivity contribution < 1.29 is 14.6 Å². The highest BCUT2D eigenvalue weighted by Gasteiger charge is 2.23. The van der Waals surface area contributed by atoms with E-state index in [2.05, 4.69) is 4.90 Å². The van der Waals surface area contributed by atoms with Crippen molar-refractivity contribution in [2.75, 3.05) is 24.6 Å². The van der Waals surface area contributed by atoms with E-state index in [0.717, 1.165) is 22.8 Å². The van der Waals surface area contributed by atoms with Gasteiger partial charge < -0.3 is 14.7 Å². The number of hydrogen-bond donors (Lipinski definition) is 1. The van der Waals surface area contributed by atoms with Gasteiger partial charge in [-0.05, 0) is 24.6 Å². The lowest BCUT2D eigenvalue weighted by Crippen LogP contribution is -2.43. The van der Waals surface area contributed by atoms with Gasteiger partial charge in [0.1, 0.15) is 0 Å². The molecule has 1 aromatic rings. The summed E-state index contributed by atoms with van der Waals surface area (Å²) in [5.41, 5.74) is 2.08. The third kappa shape index (κ3) is 2.94. The molecule has 0 radical (unpaired) electrons. The van der Waals surface area contributed by atoms with Crippen LogP contribution in [0.1, 0.15) is 12.0 Å². The van der Waals surface area contributed by atoms with E-state index in [9.17, 15) is 4.79 Å². The highest BCUT2D eigenvalue weighted by Crippen LogP contribution is 2.28. The molecule has 0 bridgehead atoms. The zero-order valence-corrected chi connectivity index (χ0v) is 11.0. The molecule has 1 unspecified atom stereocenters. The molecule has 0 aliphatic carbocycles. The van der Waals surface area contributed by atoms with Gasteiger partial charge in [-0.2, -0.15) is 0 Å². The Kier molecular flexibility index (Phi) is 4.09. The van der Waals surface area contributed by atoms with E-state index >= 15 is 0 Å². The number of nitrogens with zero attached hydrogens (tertiary/aromatic N) is 1. The SMILES string of the molecule is Cc1c(Cl)cccc1N1CCOC(CC(=O)O)C1. The van der Waals surface area contributed by atoms with Gasteiger partial charge in [0.15, 0.2) is 0 Å². The zero-order valence-electron chi connectivity index (χ0n) is 10.2. The maximum atomic E-state index is 10.7. The van der Waals surface area contributed by atoms with E-state index in [-0.39, 0.29) is 12.5 Å². The number of hydrogen-bond acceptors (Lipinski definition) is 3. The number of carboxylic acids is 1. The standard InChI is InChI=1S/C13H16ClNO3/c1-9-11(14)3-2-4-12(9)15-5-6-18-10(8-15)7-13(16)17/h2-4,10H,5-8H2,1H3,(H,16,17). The molecule has 1 heterocycles. The number of ether oxygens (including phenoxy) is 1. The van der Waals surface area contributed by atoms with Gasteiger partial charge in [-0.3, -0.25) is 4.79 Å². The third-order valence-corrected chi connectivity index (χ3v) is 3.53. The lowest BCUT2D eigenvalue weighted by molar-refractivity contribution is -0.140. The molecule has 0 saturated carbocycles. The maximum absolute atomic E-state index is 10.7. The van der Waals surface area contributed by atoms with Crippen LogP contribution in [0.25, 0.3) is 0 Å². The number of aliphatic carboxylic acids is 1. The fourth-order valence-electron chi connectivity index (χ4n) is 2.20. The molecule has 4 nitrogen and oxygen atoms in total. The molecule has 18 heavy (non-hydrogen) atoms. The highest BCUT2D eigenvalue weighted by molar-refractivity contribution is 6.31. The average molecular weight is 270 g/mol. The Hall–Kier alpha value is -1.26. The van der Waals surface area contributed by atoms with E-state index in [1.54, 1.807) is 0 Å². The molecule has 0 aromatic heterocycles. The van der Waals surface area contributed by atoms with Crippen LogP contribution < -0.4 is 4.90 Å². The number of benzene rings is 1. The summed E-state index contributed by atoms with van der Waals surface area (Å²) in [5.74, 6) is -0.829. The molecule has 5 heteroatoms. The molecule has 0 amide bonds. The third-order valence-electron chi connectivity index (χ3n) is 3.12. The molecule has 1 atom stereocenters. The lowest BCUT2D eigenvalue weighted by Gasteiger charge is -2.35. The second-order valence-corrected chi connectivity index (χ2v) is 4.83. The topological polar surface area (TPSA) is 49.8 Å². The Bertz CT molecular complexity index is 450. The normalized spacial score (nSPS) is 19.9. The predicted molar refractivity (Wildman–Crippen MR) is 70.4 cm³/mol. The summed E-state index contributed by atoms with van der Waals surface area (Å²) in [6.45, 7) is 3.87. The second-order valence-electron chi connectivity index (χ2n) is 4.42. The highest BCUT2D eigenvalue weighted by atomic mass is 35.5. The van der Waals surface area contributed by atoms with Crippen LogP contribution in [-0.4, -0.2) is 36.9 Å². The van der Waals surface area contributed by atoms with Crippen LogP contribution in [0.5, 0.6) is 0 Å². The van der Waals surface area contributed by atoms with Crippen molar-refractivity contribution in [2.24, 2.45) is 0 Å². The van der Waals surface area contributed by atoms with Gasteiger partial charge in [-0.1, -0.05) is 17.7 Å². The Labute approximate surface area is 111 Å². The smallest absolute Gasteiger partial charge is 0.306 e. The minimum absolute atomic E-state index is 0.0378. The number of carboxylic acid groups (broad SMARTS) is 1. The Morgan fingerprint density at radius 2 is 2.39 bits per heavy atom. The Morgan fingerprint density at radius 3 is 3.11 bits per heavy atom. The summed E-state index contributed by atoms with van der Waals surface area (Å²) in [7, 11) is 0. The molecule has 1 saturated heterocycles. The first-order chi connectivity index (χ1) is 8.58. The van der Waals surface area contributed by atoms with Gasteiger partial charge in [0, 0.05) is 23.8 Å². The van der Waals surface area contributed by atoms with Crippen LogP contribution in [0.15, 0.2) is 18.2 Å². The summed E-state index contributed by atoms with van der Waals surface area (Å²) in [4.78, 5) is 12.8. The Balaban J connectivity index is 2.13. The van der Waals surface area contributed by atoms with Crippen LogP contribution >= 0.6 is 11.6 Å². The van der Waals surface area contributed by atoms with Gasteiger partial charge in [-0.25, -0.2) is 0 Å². The van der Waals surface area contributed by atoms with Crippen molar-refractivity contribution in [2.45, 2.75) is 19.4 Å². The number of carbonyl (C=O) groups is 1. The zero-order chi connectivity index (χ0) is 13.1. The van der Waals surface area contributed by atoms with Crippen molar-refractivity contribution in [3.05, 3.63) is 28.8 Å². The predicted octanol–water partition coefficient (Wildman–Crippen LogP) is 2.33. The number of morpholine rings is 1. The summed E-state index contributed by atoms with van der Waals surface area (Å²) in [6.07, 6.45) is -0.217. The van der Waals surface area contributed by atoms with E-state index in [0.29, 0.717) is 13.2 Å². The van der Waals surface area contributed by atoms with Crippen LogP contribution in [0.2, 0.25) is 5.02 Å². The van der Waals surface area contributed by atoms with E-state index in [1.165, 1.54) is 0 Å². The largest absolute Gasteiger partial charge is 0.481 e. The fraction of sp³-hybridized carbons (Fsp3) is 0.462. The van der Waals surface area contributed by atoms with Gasteiger partial charge in [0.05, 0.1) is 19.1 Å². The molecule has 1 N–H and O–H groups in total. The minimum atomic E-state index is -0.829. The van der Waals surface area contributed by atoms with Gasteiger partial charge in [-0.15, -0.1) is 0 Å². The number of halogens is 1. The van der Waals surface area contributed by atoms with Gasteiger partial charge >= 0.3 is 5.97 Å². The minimum Gasteiger partial charge on any atom is -0.481 e. The first-order valence-corrected chi connectivity index (χ1v) is 6.29. The quantitative estimate of drug-likeness (QED) is 0.915. The molecule has 1 fully saturated rings. The molecule has 2 rings (SSSR count). The fourth-order valence-corrected chi connectivity index (χ4v) is 2.36. The van der Waals surface area contributed by atoms with Gasteiger partial charge in [0.2, 0.25) is 0 Å². The summed E-state index contributed by atoms with van der Waals surface area (Å²) >= 11 is 6.10. The molecule has 1 aromatic carbocycles. The molecule has 0 spiro atoms. The van der Waals surface area contributed by atoms with Crippen molar-refractivity contribution in [3.8, 4) is 0 Å². The summed E-state index contributed by atoms with van der Waals surface area (Å²) in [5, 5.41) is 9.53. The molecule has 1 aliphatic heterocycles. The number of rotatable bonds is 3. The van der Waals surface area contributed by atoms with Crippen molar-refractivity contribution in [3.63, 3.8) is 0 Å². The Morgan fingerprint density at radius 1 is 1.61 bits per heavy atom. The molecule has 98 valence electrons.